The van der Waals surface area contributed by atoms with Gasteiger partial charge in [0, 0.05) is 19.8 Å². The number of rotatable bonds is 8. The zero-order valence-electron chi connectivity index (χ0n) is 18.5. The maximum atomic E-state index is 12.8. The van der Waals surface area contributed by atoms with Gasteiger partial charge in [-0.25, -0.2) is 24.4 Å². The van der Waals surface area contributed by atoms with E-state index < -0.39 is 29.7 Å². The molecule has 11 nitrogen and oxygen atoms in total. The smallest absolute Gasteiger partial charge is 0.407 e. The topological polar surface area (TPSA) is 136 Å². The van der Waals surface area contributed by atoms with Crippen LogP contribution in [0, 0.1) is 0 Å². The molecule has 31 heavy (non-hydrogen) atoms. The second kappa shape index (κ2) is 10.6. The summed E-state index contributed by atoms with van der Waals surface area (Å²) in [6.45, 7) is 5.75. The predicted octanol–water partition coefficient (Wildman–Crippen LogP) is 2.27. The molecule has 2 aromatic heterocycles. The SMILES string of the molecule is CNc1ncnc2c1ccn2C(=O)N[C@@H](CCCCNC(=O)OC(C)(C)C)C(=O)OC. The summed E-state index contributed by atoms with van der Waals surface area (Å²) in [6, 6.07) is 0.385. The van der Waals surface area contributed by atoms with Crippen molar-refractivity contribution in [1.29, 1.82) is 0 Å². The van der Waals surface area contributed by atoms with Crippen molar-refractivity contribution < 1.29 is 23.9 Å². The normalized spacial score (nSPS) is 12.2. The first-order chi connectivity index (χ1) is 14.7. The van der Waals surface area contributed by atoms with Gasteiger partial charge in [-0.2, -0.15) is 0 Å². The molecule has 11 heteroatoms. The van der Waals surface area contributed by atoms with Gasteiger partial charge >= 0.3 is 18.1 Å². The number of aromatic nitrogens is 3. The number of hydrogen-bond donors (Lipinski definition) is 3. The number of esters is 1. The highest BCUT2D eigenvalue weighted by Crippen LogP contribution is 2.19. The average Bonchev–Trinajstić information content (AvgIpc) is 3.15. The number of anilines is 1. The third-order valence-corrected chi connectivity index (χ3v) is 4.31. The van der Waals surface area contributed by atoms with E-state index in [2.05, 4.69) is 25.9 Å². The van der Waals surface area contributed by atoms with E-state index in [1.54, 1.807) is 40.1 Å². The van der Waals surface area contributed by atoms with E-state index in [0.29, 0.717) is 42.7 Å². The molecular weight excluding hydrogens is 404 g/mol. The van der Waals surface area contributed by atoms with Crippen LogP contribution in [0.2, 0.25) is 0 Å². The molecule has 170 valence electrons. The van der Waals surface area contributed by atoms with Gasteiger partial charge in [0.05, 0.1) is 12.5 Å². The summed E-state index contributed by atoms with van der Waals surface area (Å²) in [7, 11) is 2.99. The van der Waals surface area contributed by atoms with Crippen LogP contribution in [0.25, 0.3) is 11.0 Å². The fourth-order valence-electron chi connectivity index (χ4n) is 2.90. The van der Waals surface area contributed by atoms with Crippen LogP contribution in [0.15, 0.2) is 18.6 Å². The number of unbranched alkanes of at least 4 members (excludes halogenated alkanes) is 1. The minimum Gasteiger partial charge on any atom is -0.467 e. The van der Waals surface area contributed by atoms with Gasteiger partial charge in [-0.15, -0.1) is 0 Å². The van der Waals surface area contributed by atoms with Crippen LogP contribution in [-0.2, 0) is 14.3 Å². The first kappa shape index (κ1) is 23.9. The molecule has 0 saturated carbocycles. The molecule has 0 unspecified atom stereocenters. The lowest BCUT2D eigenvalue weighted by Crippen LogP contribution is -2.43. The minimum atomic E-state index is -0.831. The van der Waals surface area contributed by atoms with Crippen LogP contribution in [0.5, 0.6) is 0 Å². The van der Waals surface area contributed by atoms with Crippen molar-refractivity contribution in [3.05, 3.63) is 18.6 Å². The molecule has 0 saturated heterocycles. The molecule has 0 fully saturated rings. The maximum absolute atomic E-state index is 12.8. The molecular formula is C20H30N6O5. The summed E-state index contributed by atoms with van der Waals surface area (Å²) in [6.07, 6.45) is 3.96. The van der Waals surface area contributed by atoms with E-state index in [-0.39, 0.29) is 0 Å². The highest BCUT2D eigenvalue weighted by atomic mass is 16.6. The molecule has 2 heterocycles. The van der Waals surface area contributed by atoms with Gasteiger partial charge in [-0.3, -0.25) is 4.57 Å². The minimum absolute atomic E-state index is 0.352. The Hall–Kier alpha value is -3.37. The van der Waals surface area contributed by atoms with Crippen molar-refractivity contribution in [3.63, 3.8) is 0 Å². The number of carbonyl (C=O) groups excluding carboxylic acids is 3. The number of nitrogens with zero attached hydrogens (tertiary/aromatic N) is 3. The van der Waals surface area contributed by atoms with Gasteiger partial charge in [-0.1, -0.05) is 0 Å². The summed E-state index contributed by atoms with van der Waals surface area (Å²) >= 11 is 0. The molecule has 0 aliphatic carbocycles. The Labute approximate surface area is 180 Å². The second-order valence-electron chi connectivity index (χ2n) is 7.84. The zero-order chi connectivity index (χ0) is 23.0. The molecule has 0 aromatic carbocycles. The van der Waals surface area contributed by atoms with E-state index in [9.17, 15) is 14.4 Å². The summed E-state index contributed by atoms with van der Waals surface area (Å²) in [5, 5.41) is 8.97. The first-order valence-electron chi connectivity index (χ1n) is 10.0. The van der Waals surface area contributed by atoms with E-state index >= 15 is 0 Å². The van der Waals surface area contributed by atoms with Crippen LogP contribution in [0.4, 0.5) is 15.4 Å². The number of nitrogens with one attached hydrogen (secondary N) is 3. The van der Waals surface area contributed by atoms with Crippen LogP contribution in [0.1, 0.15) is 40.0 Å². The molecule has 1 atom stereocenters. The number of ether oxygens (including phenoxy) is 2. The first-order valence-corrected chi connectivity index (χ1v) is 10.0. The van der Waals surface area contributed by atoms with E-state index in [1.165, 1.54) is 18.0 Å². The van der Waals surface area contributed by atoms with Crippen LogP contribution < -0.4 is 16.0 Å². The Morgan fingerprint density at radius 3 is 2.58 bits per heavy atom. The standard InChI is InChI=1S/C20H30N6O5/c1-20(2,3)31-19(29)22-10-7-6-8-14(17(27)30-5)25-18(28)26-11-9-13-15(21-4)23-12-24-16(13)26/h9,11-12,14H,6-8,10H2,1-5H3,(H,22,29)(H,25,28)(H,21,23,24)/t14-/m0/s1. The molecule has 2 aromatic rings. The zero-order valence-corrected chi connectivity index (χ0v) is 18.5. The number of amides is 2. The molecule has 2 amide bonds. The molecule has 2 rings (SSSR count). The van der Waals surface area contributed by atoms with Crippen molar-refractivity contribution in [1.82, 2.24) is 25.2 Å². The van der Waals surface area contributed by atoms with Gasteiger partial charge < -0.3 is 25.4 Å². The maximum Gasteiger partial charge on any atom is 0.407 e. The Morgan fingerprint density at radius 2 is 1.94 bits per heavy atom. The fourth-order valence-corrected chi connectivity index (χ4v) is 2.90. The fraction of sp³-hybridized carbons (Fsp3) is 0.550. The van der Waals surface area contributed by atoms with Crippen LogP contribution in [-0.4, -0.2) is 65.0 Å². The lowest BCUT2D eigenvalue weighted by Gasteiger charge is -2.20. The molecule has 0 aliphatic heterocycles. The van der Waals surface area contributed by atoms with Crippen molar-refractivity contribution in [2.24, 2.45) is 0 Å². The largest absolute Gasteiger partial charge is 0.467 e. The molecule has 0 bridgehead atoms. The van der Waals surface area contributed by atoms with Gasteiger partial charge in [0.1, 0.15) is 23.8 Å². The van der Waals surface area contributed by atoms with E-state index in [4.69, 9.17) is 9.47 Å². The lowest BCUT2D eigenvalue weighted by molar-refractivity contribution is -0.143. The Morgan fingerprint density at radius 1 is 1.19 bits per heavy atom. The number of carbonyl (C=O) groups is 3. The second-order valence-corrected chi connectivity index (χ2v) is 7.84. The highest BCUT2D eigenvalue weighted by molar-refractivity contribution is 5.95. The number of hydrogen-bond acceptors (Lipinski definition) is 8. The summed E-state index contributed by atoms with van der Waals surface area (Å²) in [5.74, 6) is 0.0500. The molecule has 0 radical (unpaired) electrons. The third-order valence-electron chi connectivity index (χ3n) is 4.31. The van der Waals surface area contributed by atoms with E-state index in [1.807, 2.05) is 0 Å². The van der Waals surface area contributed by atoms with Crippen molar-refractivity contribution in [3.8, 4) is 0 Å². The highest BCUT2D eigenvalue weighted by Gasteiger charge is 2.23. The van der Waals surface area contributed by atoms with Crippen molar-refractivity contribution in [2.45, 2.75) is 51.7 Å². The average molecular weight is 434 g/mol. The van der Waals surface area contributed by atoms with Gasteiger partial charge in [0.2, 0.25) is 0 Å². The summed E-state index contributed by atoms with van der Waals surface area (Å²) < 4.78 is 11.3. The lowest BCUT2D eigenvalue weighted by atomic mass is 10.1. The van der Waals surface area contributed by atoms with Crippen molar-refractivity contribution in [2.75, 3.05) is 26.0 Å². The monoisotopic (exact) mass is 434 g/mol. The Bertz CT molecular complexity index is 920. The van der Waals surface area contributed by atoms with Gasteiger partial charge in [-0.05, 0) is 46.1 Å². The van der Waals surface area contributed by atoms with E-state index in [0.717, 1.165) is 0 Å². The quantitative estimate of drug-likeness (QED) is 0.425. The third kappa shape index (κ3) is 6.83. The van der Waals surface area contributed by atoms with Gasteiger partial charge in [0.25, 0.3) is 0 Å². The number of fused-ring (bicyclic) bond motifs is 1. The number of methoxy groups -OCH3 is 1. The van der Waals surface area contributed by atoms with Gasteiger partial charge in [0.15, 0.2) is 5.65 Å². The number of alkyl carbamates (subject to hydrolysis) is 1. The molecule has 0 aliphatic rings. The Kier molecular flexibility index (Phi) is 8.17. The predicted molar refractivity (Wildman–Crippen MR) is 115 cm³/mol. The molecule has 0 spiro atoms. The summed E-state index contributed by atoms with van der Waals surface area (Å²) in [5.41, 5.74) is -0.145. The summed E-state index contributed by atoms with van der Waals surface area (Å²) in [4.78, 5) is 44.8. The Balaban J connectivity index is 1.92. The van der Waals surface area contributed by atoms with Crippen LogP contribution in [0.3, 0.4) is 0 Å². The van der Waals surface area contributed by atoms with Crippen molar-refractivity contribution >= 4 is 34.9 Å². The molecule has 3 N–H and O–H groups in total. The van der Waals surface area contributed by atoms with Crippen LogP contribution >= 0.6 is 0 Å².